The molecular formula is C18H24FN3O3+2. The zero-order chi connectivity index (χ0) is 18.0. The van der Waals surface area contributed by atoms with Gasteiger partial charge in [-0.3, -0.25) is 9.59 Å². The Morgan fingerprint density at radius 1 is 1.32 bits per heavy atom. The van der Waals surface area contributed by atoms with Gasteiger partial charge in [0.15, 0.2) is 11.5 Å². The van der Waals surface area contributed by atoms with Crippen molar-refractivity contribution in [2.24, 2.45) is 0 Å². The number of nitrogens with one attached hydrogen (secondary N) is 1. The van der Waals surface area contributed by atoms with Crippen LogP contribution in [0.15, 0.2) is 35.6 Å². The molecule has 2 heterocycles. The van der Waals surface area contributed by atoms with Crippen LogP contribution in [0, 0.1) is 5.82 Å². The summed E-state index contributed by atoms with van der Waals surface area (Å²) in [6.07, 6.45) is 0. The highest BCUT2D eigenvalue weighted by Gasteiger charge is 2.42. The zero-order valence-corrected chi connectivity index (χ0v) is 14.3. The van der Waals surface area contributed by atoms with Crippen LogP contribution in [0.1, 0.15) is 18.5 Å². The van der Waals surface area contributed by atoms with Crippen molar-refractivity contribution in [3.63, 3.8) is 0 Å². The summed E-state index contributed by atoms with van der Waals surface area (Å²) in [7, 11) is 0. The molecule has 0 bridgehead atoms. The van der Waals surface area contributed by atoms with Crippen LogP contribution in [-0.2, 0) is 9.59 Å². The van der Waals surface area contributed by atoms with Gasteiger partial charge in [0.2, 0.25) is 0 Å². The number of rotatable bonds is 5. The third kappa shape index (κ3) is 3.57. The normalized spacial score (nSPS) is 21.9. The zero-order valence-electron chi connectivity index (χ0n) is 14.3. The van der Waals surface area contributed by atoms with Gasteiger partial charge >= 0.3 is 0 Å². The van der Waals surface area contributed by atoms with Gasteiger partial charge in [-0.1, -0.05) is 12.1 Å². The lowest BCUT2D eigenvalue weighted by Crippen LogP contribution is -3.20. The molecular weight excluding hydrogens is 325 g/mol. The van der Waals surface area contributed by atoms with E-state index in [0.717, 1.165) is 32.7 Å². The molecule has 1 aromatic carbocycles. The Hall–Kier alpha value is -2.25. The van der Waals surface area contributed by atoms with Gasteiger partial charge in [-0.25, -0.2) is 4.39 Å². The summed E-state index contributed by atoms with van der Waals surface area (Å²) >= 11 is 0. The van der Waals surface area contributed by atoms with Gasteiger partial charge in [0.1, 0.15) is 32.0 Å². The van der Waals surface area contributed by atoms with Crippen molar-refractivity contribution < 1.29 is 29.3 Å². The summed E-state index contributed by atoms with van der Waals surface area (Å²) in [6.45, 7) is 6.72. The second kappa shape index (κ2) is 7.33. The number of quaternary nitrogens is 2. The van der Waals surface area contributed by atoms with E-state index in [1.807, 2.05) is 0 Å². The molecule has 1 aromatic rings. The fourth-order valence-corrected chi connectivity index (χ4v) is 3.65. The Bertz CT molecular complexity index is 696. The van der Waals surface area contributed by atoms with E-state index < -0.39 is 17.7 Å². The summed E-state index contributed by atoms with van der Waals surface area (Å²) in [5, 5.41) is 12.5. The maximum Gasteiger partial charge on any atom is 0.290 e. The molecule has 2 aliphatic heterocycles. The molecule has 1 atom stereocenters. The minimum atomic E-state index is -0.652. The minimum absolute atomic E-state index is 0.0959. The summed E-state index contributed by atoms with van der Waals surface area (Å²) in [6, 6.07) is 5.07. The maximum atomic E-state index is 13.3. The lowest BCUT2D eigenvalue weighted by Gasteiger charge is -2.29. The average molecular weight is 349 g/mol. The molecule has 1 fully saturated rings. The predicted molar refractivity (Wildman–Crippen MR) is 88.4 cm³/mol. The molecule has 0 radical (unpaired) electrons. The number of aliphatic hydroxyl groups excluding tert-OH is 1. The largest absolute Gasteiger partial charge is 0.503 e. The van der Waals surface area contributed by atoms with E-state index in [0.29, 0.717) is 12.1 Å². The van der Waals surface area contributed by atoms with Crippen LogP contribution in [0.5, 0.6) is 0 Å². The Kier molecular flexibility index (Phi) is 5.15. The highest BCUT2D eigenvalue weighted by molar-refractivity contribution is 6.08. The van der Waals surface area contributed by atoms with Gasteiger partial charge in [0.25, 0.3) is 5.91 Å². The second-order valence-corrected chi connectivity index (χ2v) is 6.64. The van der Waals surface area contributed by atoms with E-state index in [1.165, 1.54) is 28.9 Å². The molecule has 4 N–H and O–H groups in total. The van der Waals surface area contributed by atoms with Crippen molar-refractivity contribution in [3.05, 3.63) is 47.0 Å². The average Bonchev–Trinajstić information content (AvgIpc) is 2.86. The number of carbonyl (C=O) groups excluding carboxylic acids is 2. The van der Waals surface area contributed by atoms with Crippen LogP contribution in [0.25, 0.3) is 0 Å². The summed E-state index contributed by atoms with van der Waals surface area (Å²) in [5.74, 6) is -1.74. The Balaban J connectivity index is 1.85. The molecule has 25 heavy (non-hydrogen) atoms. The molecule has 0 aromatic heterocycles. The number of aliphatic hydroxyl groups is 1. The van der Waals surface area contributed by atoms with Crippen LogP contribution in [0.3, 0.4) is 0 Å². The lowest BCUT2D eigenvalue weighted by molar-refractivity contribution is -0.946. The number of hydrogen-bond donors (Lipinski definition) is 3. The molecule has 0 spiro atoms. The van der Waals surface area contributed by atoms with Crippen molar-refractivity contribution in [3.8, 4) is 0 Å². The highest BCUT2D eigenvalue weighted by atomic mass is 19.1. The molecule has 6 nitrogen and oxygen atoms in total. The van der Waals surface area contributed by atoms with E-state index in [1.54, 1.807) is 12.1 Å². The fourth-order valence-electron chi connectivity index (χ4n) is 3.65. The molecule has 1 amide bonds. The van der Waals surface area contributed by atoms with Crippen LogP contribution < -0.4 is 10.2 Å². The Morgan fingerprint density at radius 2 is 1.96 bits per heavy atom. The minimum Gasteiger partial charge on any atom is -0.503 e. The number of piperazine rings is 1. The van der Waals surface area contributed by atoms with Crippen LogP contribution in [0.2, 0.25) is 0 Å². The topological polar surface area (TPSA) is 78.7 Å². The molecule has 0 aliphatic carbocycles. The smallest absolute Gasteiger partial charge is 0.290 e. The number of nitrogens with two attached hydrogens (primary N) is 1. The van der Waals surface area contributed by atoms with Gasteiger partial charge in [-0.05, 0) is 24.6 Å². The third-order valence-electron chi connectivity index (χ3n) is 4.98. The van der Waals surface area contributed by atoms with E-state index >= 15 is 0 Å². The van der Waals surface area contributed by atoms with Gasteiger partial charge in [-0.2, -0.15) is 0 Å². The number of benzene rings is 1. The predicted octanol–water partition coefficient (Wildman–Crippen LogP) is -1.43. The fraction of sp³-hybridized carbons (Fsp3) is 0.444. The van der Waals surface area contributed by atoms with Crippen molar-refractivity contribution in [1.29, 1.82) is 0 Å². The van der Waals surface area contributed by atoms with Crippen LogP contribution in [0.4, 0.5) is 4.39 Å². The third-order valence-corrected chi connectivity index (χ3v) is 4.98. The quantitative estimate of drug-likeness (QED) is 0.610. The SMILES string of the molecule is CC(=O)C1=C(O)C(=O)N(CC[NH+]2CC[NH2+]CC2)[C@H]1c1ccc(F)cc1. The van der Waals surface area contributed by atoms with Gasteiger partial charge in [0, 0.05) is 0 Å². The Labute approximate surface area is 145 Å². The molecule has 134 valence electrons. The second-order valence-electron chi connectivity index (χ2n) is 6.64. The number of carbonyl (C=O) groups is 2. The number of amides is 1. The first-order chi connectivity index (χ1) is 12.0. The van der Waals surface area contributed by atoms with Crippen molar-refractivity contribution in [1.82, 2.24) is 4.90 Å². The first-order valence-electron chi connectivity index (χ1n) is 8.64. The number of hydrogen-bond acceptors (Lipinski definition) is 3. The van der Waals surface area contributed by atoms with Gasteiger partial charge in [0.05, 0.1) is 24.7 Å². The first kappa shape index (κ1) is 17.6. The van der Waals surface area contributed by atoms with Gasteiger partial charge in [-0.15, -0.1) is 0 Å². The molecule has 3 rings (SSSR count). The highest BCUT2D eigenvalue weighted by Crippen LogP contribution is 2.37. The Morgan fingerprint density at radius 3 is 2.56 bits per heavy atom. The summed E-state index contributed by atoms with van der Waals surface area (Å²) < 4.78 is 13.3. The molecule has 1 saturated heterocycles. The van der Waals surface area contributed by atoms with Crippen molar-refractivity contribution >= 4 is 11.7 Å². The maximum absolute atomic E-state index is 13.3. The van der Waals surface area contributed by atoms with Crippen molar-refractivity contribution in [2.75, 3.05) is 39.3 Å². The molecule has 0 saturated carbocycles. The molecule has 7 heteroatoms. The standard InChI is InChI=1S/C18H22FN3O3/c1-12(23)15-16(13-2-4-14(19)5-3-13)22(18(25)17(15)24)11-10-21-8-6-20-7-9-21/h2-5,16,20,24H,6-11H2,1H3/p+2/t16-/m0/s1. The number of halogens is 1. The lowest BCUT2D eigenvalue weighted by atomic mass is 9.97. The van der Waals surface area contributed by atoms with Crippen LogP contribution in [-0.4, -0.2) is 61.0 Å². The monoisotopic (exact) mass is 349 g/mol. The number of Topliss-reactive ketones (excluding diaryl/α,β-unsaturated/α-hetero) is 1. The van der Waals surface area contributed by atoms with E-state index in [-0.39, 0.29) is 17.2 Å². The molecule has 0 unspecified atom stereocenters. The summed E-state index contributed by atoms with van der Waals surface area (Å²) in [5.41, 5.74) is 0.726. The van der Waals surface area contributed by atoms with Crippen molar-refractivity contribution in [2.45, 2.75) is 13.0 Å². The summed E-state index contributed by atoms with van der Waals surface area (Å²) in [4.78, 5) is 27.5. The van der Waals surface area contributed by atoms with E-state index in [9.17, 15) is 19.1 Å². The van der Waals surface area contributed by atoms with Crippen LogP contribution >= 0.6 is 0 Å². The van der Waals surface area contributed by atoms with E-state index in [4.69, 9.17) is 0 Å². The number of nitrogens with zero attached hydrogens (tertiary/aromatic N) is 1. The number of ketones is 1. The van der Waals surface area contributed by atoms with Gasteiger partial charge < -0.3 is 20.2 Å². The van der Waals surface area contributed by atoms with E-state index in [2.05, 4.69) is 5.32 Å². The first-order valence-corrected chi connectivity index (χ1v) is 8.64. The molecule has 2 aliphatic rings.